The van der Waals surface area contributed by atoms with Gasteiger partial charge in [0.15, 0.2) is 0 Å². The van der Waals surface area contributed by atoms with E-state index in [0.717, 1.165) is 32.1 Å². The van der Waals surface area contributed by atoms with E-state index in [2.05, 4.69) is 43.5 Å². The van der Waals surface area contributed by atoms with Crippen LogP contribution in [0.2, 0.25) is 0 Å². The molecule has 270 valence electrons. The molecule has 4 nitrogen and oxygen atoms in total. The van der Waals surface area contributed by atoms with Crippen LogP contribution in [0.3, 0.4) is 0 Å². The summed E-state index contributed by atoms with van der Waals surface area (Å²) < 4.78 is 0. The summed E-state index contributed by atoms with van der Waals surface area (Å²) in [4.78, 5) is 12.3. The van der Waals surface area contributed by atoms with Gasteiger partial charge in [-0.15, -0.1) is 0 Å². The van der Waals surface area contributed by atoms with Gasteiger partial charge in [-0.05, 0) is 51.4 Å². The molecule has 1 amide bonds. The van der Waals surface area contributed by atoms with Crippen molar-refractivity contribution >= 4 is 5.91 Å². The van der Waals surface area contributed by atoms with Crippen LogP contribution in [0.4, 0.5) is 0 Å². The molecule has 0 aliphatic rings. The second kappa shape index (κ2) is 38.1. The van der Waals surface area contributed by atoms with Crippen molar-refractivity contribution in [3.05, 3.63) is 36.5 Å². The van der Waals surface area contributed by atoms with Crippen LogP contribution in [0.1, 0.15) is 206 Å². The minimum absolute atomic E-state index is 0.0694. The summed E-state index contributed by atoms with van der Waals surface area (Å²) in [6.07, 6.45) is 49.5. The number of unbranched alkanes of at least 4 members (excludes halogenated alkanes) is 25. The van der Waals surface area contributed by atoms with Gasteiger partial charge in [-0.1, -0.05) is 185 Å². The Kier molecular flexibility index (Phi) is 36.9. The zero-order chi connectivity index (χ0) is 33.6. The van der Waals surface area contributed by atoms with E-state index in [0.29, 0.717) is 6.42 Å². The van der Waals surface area contributed by atoms with Crippen LogP contribution in [0.5, 0.6) is 0 Å². The van der Waals surface area contributed by atoms with E-state index in [9.17, 15) is 15.0 Å². The number of hydrogen-bond donors (Lipinski definition) is 3. The lowest BCUT2D eigenvalue weighted by Gasteiger charge is -2.20. The second-order valence-corrected chi connectivity index (χ2v) is 13.7. The standard InChI is InChI=1S/C42H79NO3/c1-3-5-7-9-11-13-15-17-19-20-21-22-24-26-28-30-32-34-36-38-42(46)43-40(39-44)41(45)37-35-33-31-29-27-25-23-18-16-14-12-10-8-6-4-2/h11,13,17,19,35,37,40-41,44-45H,3-10,12,14-16,18,20-34,36,38-39H2,1-2H3,(H,43,46)/b13-11-,19-17-,37-35+. The maximum atomic E-state index is 12.3. The third kappa shape index (κ3) is 34.0. The molecule has 46 heavy (non-hydrogen) atoms. The van der Waals surface area contributed by atoms with E-state index in [1.54, 1.807) is 6.08 Å². The smallest absolute Gasteiger partial charge is 0.220 e. The molecule has 0 radical (unpaired) electrons. The van der Waals surface area contributed by atoms with Crippen LogP contribution in [0.25, 0.3) is 0 Å². The SMILES string of the molecule is CCCCC/C=C\C/C=C\CCCCCCCCCCCC(=O)NC(CO)C(O)/C=C/CCCCCCCCCCCCCCC. The van der Waals surface area contributed by atoms with Crippen molar-refractivity contribution < 1.29 is 15.0 Å². The van der Waals surface area contributed by atoms with Gasteiger partial charge in [-0.3, -0.25) is 4.79 Å². The first-order valence-electron chi connectivity index (χ1n) is 20.2. The second-order valence-electron chi connectivity index (χ2n) is 13.7. The van der Waals surface area contributed by atoms with E-state index in [-0.39, 0.29) is 12.5 Å². The van der Waals surface area contributed by atoms with Crippen molar-refractivity contribution in [3.8, 4) is 0 Å². The number of aliphatic hydroxyl groups is 2. The Labute approximate surface area is 287 Å². The van der Waals surface area contributed by atoms with Crippen LogP contribution in [-0.4, -0.2) is 34.9 Å². The number of rotatable bonds is 36. The molecule has 0 aromatic carbocycles. The predicted octanol–water partition coefficient (Wildman–Crippen LogP) is 12.2. The molecule has 0 spiro atoms. The highest BCUT2D eigenvalue weighted by molar-refractivity contribution is 5.76. The molecule has 0 aliphatic carbocycles. The number of amides is 1. The van der Waals surface area contributed by atoms with Crippen LogP contribution >= 0.6 is 0 Å². The zero-order valence-corrected chi connectivity index (χ0v) is 30.8. The quantitative estimate of drug-likeness (QED) is 0.0469. The third-order valence-electron chi connectivity index (χ3n) is 9.12. The highest BCUT2D eigenvalue weighted by Gasteiger charge is 2.17. The summed E-state index contributed by atoms with van der Waals surface area (Å²) in [6.45, 7) is 4.28. The summed E-state index contributed by atoms with van der Waals surface area (Å²) in [5, 5.41) is 22.9. The molecule has 0 fully saturated rings. The summed E-state index contributed by atoms with van der Waals surface area (Å²) in [5.74, 6) is -0.0694. The largest absolute Gasteiger partial charge is 0.394 e. The Hall–Kier alpha value is -1.39. The van der Waals surface area contributed by atoms with Gasteiger partial charge in [0, 0.05) is 6.42 Å². The molecule has 2 atom stereocenters. The number of carbonyl (C=O) groups is 1. The lowest BCUT2D eigenvalue weighted by Crippen LogP contribution is -2.45. The molecular formula is C42H79NO3. The van der Waals surface area contributed by atoms with E-state index in [4.69, 9.17) is 0 Å². The number of aliphatic hydroxyl groups excluding tert-OH is 2. The zero-order valence-electron chi connectivity index (χ0n) is 30.8. The molecule has 0 aromatic heterocycles. The fourth-order valence-corrected chi connectivity index (χ4v) is 5.97. The van der Waals surface area contributed by atoms with Crippen molar-refractivity contribution in [1.29, 1.82) is 0 Å². The molecule has 3 N–H and O–H groups in total. The topological polar surface area (TPSA) is 69.6 Å². The predicted molar refractivity (Wildman–Crippen MR) is 202 cm³/mol. The highest BCUT2D eigenvalue weighted by Crippen LogP contribution is 2.14. The van der Waals surface area contributed by atoms with Crippen molar-refractivity contribution in [3.63, 3.8) is 0 Å². The minimum atomic E-state index is -0.839. The van der Waals surface area contributed by atoms with Gasteiger partial charge in [0.05, 0.1) is 18.8 Å². The van der Waals surface area contributed by atoms with Crippen molar-refractivity contribution in [2.45, 2.75) is 219 Å². The lowest BCUT2D eigenvalue weighted by atomic mass is 10.0. The van der Waals surface area contributed by atoms with Crippen LogP contribution in [-0.2, 0) is 4.79 Å². The summed E-state index contributed by atoms with van der Waals surface area (Å²) in [7, 11) is 0. The number of hydrogen-bond acceptors (Lipinski definition) is 3. The Morgan fingerprint density at radius 1 is 0.522 bits per heavy atom. The Balaban J connectivity index is 3.60. The molecule has 2 unspecified atom stereocenters. The highest BCUT2D eigenvalue weighted by atomic mass is 16.3. The average Bonchev–Trinajstić information content (AvgIpc) is 3.06. The first-order valence-corrected chi connectivity index (χ1v) is 20.2. The first kappa shape index (κ1) is 44.6. The fourth-order valence-electron chi connectivity index (χ4n) is 5.97. The summed E-state index contributed by atoms with van der Waals surface area (Å²) in [5.41, 5.74) is 0. The maximum Gasteiger partial charge on any atom is 0.220 e. The van der Waals surface area contributed by atoms with Gasteiger partial charge in [0.2, 0.25) is 5.91 Å². The van der Waals surface area contributed by atoms with Gasteiger partial charge >= 0.3 is 0 Å². The number of carbonyl (C=O) groups excluding carboxylic acids is 1. The number of allylic oxidation sites excluding steroid dienone is 5. The monoisotopic (exact) mass is 646 g/mol. The molecule has 0 heterocycles. The van der Waals surface area contributed by atoms with Crippen molar-refractivity contribution in [2.75, 3.05) is 6.61 Å². The molecule has 0 saturated carbocycles. The van der Waals surface area contributed by atoms with E-state index in [1.165, 1.54) is 154 Å². The maximum absolute atomic E-state index is 12.3. The Bertz CT molecular complexity index is 701. The molecule has 0 aliphatic heterocycles. The van der Waals surface area contributed by atoms with Crippen LogP contribution < -0.4 is 5.32 Å². The molecule has 4 heteroatoms. The van der Waals surface area contributed by atoms with Gasteiger partial charge in [-0.25, -0.2) is 0 Å². The van der Waals surface area contributed by atoms with Gasteiger partial charge in [0.25, 0.3) is 0 Å². The van der Waals surface area contributed by atoms with Crippen molar-refractivity contribution in [1.82, 2.24) is 5.32 Å². The fraction of sp³-hybridized carbons (Fsp3) is 0.833. The third-order valence-corrected chi connectivity index (χ3v) is 9.12. The average molecular weight is 646 g/mol. The molecule has 0 aromatic rings. The summed E-state index contributed by atoms with van der Waals surface area (Å²) >= 11 is 0. The summed E-state index contributed by atoms with van der Waals surface area (Å²) in [6, 6.07) is -0.622. The lowest BCUT2D eigenvalue weighted by molar-refractivity contribution is -0.123. The van der Waals surface area contributed by atoms with Crippen LogP contribution in [0, 0.1) is 0 Å². The minimum Gasteiger partial charge on any atom is -0.394 e. The molecular weight excluding hydrogens is 566 g/mol. The molecule has 0 rings (SSSR count). The first-order chi connectivity index (χ1) is 22.7. The van der Waals surface area contributed by atoms with Gasteiger partial charge in [0.1, 0.15) is 0 Å². The Morgan fingerprint density at radius 3 is 1.35 bits per heavy atom. The normalized spacial score (nSPS) is 13.4. The van der Waals surface area contributed by atoms with Crippen LogP contribution in [0.15, 0.2) is 36.5 Å². The van der Waals surface area contributed by atoms with E-state index >= 15 is 0 Å². The van der Waals surface area contributed by atoms with E-state index < -0.39 is 12.1 Å². The Morgan fingerprint density at radius 2 is 0.891 bits per heavy atom. The van der Waals surface area contributed by atoms with Crippen molar-refractivity contribution in [2.24, 2.45) is 0 Å². The van der Waals surface area contributed by atoms with E-state index in [1.807, 2.05) is 6.08 Å². The van der Waals surface area contributed by atoms with Gasteiger partial charge in [-0.2, -0.15) is 0 Å². The number of nitrogens with one attached hydrogen (secondary N) is 1. The van der Waals surface area contributed by atoms with Gasteiger partial charge < -0.3 is 15.5 Å². The molecule has 0 bridgehead atoms. The molecule has 0 saturated heterocycles.